The van der Waals surface area contributed by atoms with Crippen LogP contribution in [-0.2, 0) is 0 Å². The first kappa shape index (κ1) is 13.3. The Morgan fingerprint density at radius 1 is 0.842 bits per heavy atom. The minimum Gasteiger partial charge on any atom is -0.455 e. The molecule has 2 N–H and O–H groups in total. The standard InChI is InChI=1S/C16H20N2O/c1-11-5-6-12(2)15(9-11)19-16-10-13(17-3)7-8-14(16)18-4/h5-10,17-18H,1-4H3. The van der Waals surface area contributed by atoms with E-state index in [2.05, 4.69) is 42.7 Å². The van der Waals surface area contributed by atoms with Crippen LogP contribution in [0.1, 0.15) is 11.1 Å². The molecule has 0 spiro atoms. The van der Waals surface area contributed by atoms with E-state index in [0.717, 1.165) is 28.4 Å². The van der Waals surface area contributed by atoms with Crippen molar-refractivity contribution >= 4 is 11.4 Å². The highest BCUT2D eigenvalue weighted by atomic mass is 16.5. The lowest BCUT2D eigenvalue weighted by atomic mass is 10.1. The normalized spacial score (nSPS) is 10.1. The van der Waals surface area contributed by atoms with Gasteiger partial charge >= 0.3 is 0 Å². The highest BCUT2D eigenvalue weighted by Crippen LogP contribution is 2.33. The lowest BCUT2D eigenvalue weighted by Crippen LogP contribution is -1.97. The number of anilines is 2. The first-order valence-electron chi connectivity index (χ1n) is 6.38. The monoisotopic (exact) mass is 256 g/mol. The number of benzene rings is 2. The first-order chi connectivity index (χ1) is 9.13. The summed E-state index contributed by atoms with van der Waals surface area (Å²) in [6.45, 7) is 4.12. The van der Waals surface area contributed by atoms with E-state index in [4.69, 9.17) is 4.74 Å². The molecule has 0 fully saturated rings. The summed E-state index contributed by atoms with van der Waals surface area (Å²) in [5.41, 5.74) is 4.32. The number of hydrogen-bond acceptors (Lipinski definition) is 3. The van der Waals surface area contributed by atoms with Crippen molar-refractivity contribution in [3.05, 3.63) is 47.5 Å². The summed E-state index contributed by atoms with van der Waals surface area (Å²) in [5.74, 6) is 1.72. The van der Waals surface area contributed by atoms with E-state index in [0.29, 0.717) is 0 Å². The van der Waals surface area contributed by atoms with Gasteiger partial charge in [0.25, 0.3) is 0 Å². The van der Waals surface area contributed by atoms with Gasteiger partial charge < -0.3 is 15.4 Å². The number of rotatable bonds is 4. The molecule has 0 aromatic heterocycles. The van der Waals surface area contributed by atoms with Crippen molar-refractivity contribution in [2.45, 2.75) is 13.8 Å². The topological polar surface area (TPSA) is 33.3 Å². The summed E-state index contributed by atoms with van der Waals surface area (Å²) in [4.78, 5) is 0. The van der Waals surface area contributed by atoms with E-state index >= 15 is 0 Å². The minimum absolute atomic E-state index is 0.822. The van der Waals surface area contributed by atoms with Crippen LogP contribution in [0.4, 0.5) is 11.4 Å². The number of nitrogens with one attached hydrogen (secondary N) is 2. The zero-order valence-corrected chi connectivity index (χ0v) is 11.9. The Kier molecular flexibility index (Phi) is 3.95. The van der Waals surface area contributed by atoms with Crippen molar-refractivity contribution in [2.75, 3.05) is 24.7 Å². The highest BCUT2D eigenvalue weighted by Gasteiger charge is 2.07. The summed E-state index contributed by atoms with van der Waals surface area (Å²) in [6, 6.07) is 12.2. The zero-order chi connectivity index (χ0) is 13.8. The molecule has 0 aliphatic carbocycles. The van der Waals surface area contributed by atoms with Gasteiger partial charge in [-0.3, -0.25) is 0 Å². The van der Waals surface area contributed by atoms with Crippen molar-refractivity contribution in [1.29, 1.82) is 0 Å². The molecule has 0 bridgehead atoms. The van der Waals surface area contributed by atoms with Crippen LogP contribution in [-0.4, -0.2) is 14.1 Å². The van der Waals surface area contributed by atoms with Gasteiger partial charge in [0.1, 0.15) is 5.75 Å². The van der Waals surface area contributed by atoms with Crippen LogP contribution < -0.4 is 15.4 Å². The van der Waals surface area contributed by atoms with Crippen molar-refractivity contribution in [2.24, 2.45) is 0 Å². The molecular weight excluding hydrogens is 236 g/mol. The van der Waals surface area contributed by atoms with Gasteiger partial charge in [-0.1, -0.05) is 12.1 Å². The molecule has 2 aromatic rings. The molecular formula is C16H20N2O. The Balaban J connectivity index is 2.38. The molecule has 19 heavy (non-hydrogen) atoms. The average molecular weight is 256 g/mol. The SMILES string of the molecule is CNc1ccc(NC)c(Oc2cc(C)ccc2C)c1. The molecule has 0 radical (unpaired) electrons. The smallest absolute Gasteiger partial charge is 0.152 e. The Morgan fingerprint density at radius 2 is 1.63 bits per heavy atom. The fourth-order valence-corrected chi connectivity index (χ4v) is 1.90. The van der Waals surface area contributed by atoms with Crippen LogP contribution in [0.25, 0.3) is 0 Å². The Labute approximate surface area is 114 Å². The van der Waals surface area contributed by atoms with Crippen molar-refractivity contribution in [3.8, 4) is 11.5 Å². The van der Waals surface area contributed by atoms with E-state index in [1.807, 2.05) is 32.3 Å². The molecule has 0 amide bonds. The molecule has 3 heteroatoms. The van der Waals surface area contributed by atoms with Gasteiger partial charge in [0.2, 0.25) is 0 Å². The molecule has 0 heterocycles. The number of ether oxygens (including phenoxy) is 1. The molecule has 0 saturated carbocycles. The van der Waals surface area contributed by atoms with E-state index in [1.54, 1.807) is 0 Å². The van der Waals surface area contributed by atoms with Crippen LogP contribution in [0.15, 0.2) is 36.4 Å². The van der Waals surface area contributed by atoms with Gasteiger partial charge in [-0.05, 0) is 43.2 Å². The number of aryl methyl sites for hydroxylation is 2. The fourth-order valence-electron chi connectivity index (χ4n) is 1.90. The summed E-state index contributed by atoms with van der Waals surface area (Å²) in [7, 11) is 3.79. The second-order valence-electron chi connectivity index (χ2n) is 4.58. The van der Waals surface area contributed by atoms with Gasteiger partial charge in [0.05, 0.1) is 5.69 Å². The quantitative estimate of drug-likeness (QED) is 0.861. The Bertz CT molecular complexity index is 579. The third kappa shape index (κ3) is 2.99. The summed E-state index contributed by atoms with van der Waals surface area (Å²) in [5, 5.41) is 6.27. The van der Waals surface area contributed by atoms with E-state index in [1.165, 1.54) is 5.56 Å². The lowest BCUT2D eigenvalue weighted by Gasteiger charge is -2.14. The Morgan fingerprint density at radius 3 is 2.32 bits per heavy atom. The van der Waals surface area contributed by atoms with Crippen LogP contribution in [0, 0.1) is 13.8 Å². The molecule has 0 aliphatic rings. The zero-order valence-electron chi connectivity index (χ0n) is 11.9. The van der Waals surface area contributed by atoms with Crippen LogP contribution in [0.3, 0.4) is 0 Å². The molecule has 2 rings (SSSR count). The van der Waals surface area contributed by atoms with Crippen molar-refractivity contribution in [3.63, 3.8) is 0 Å². The highest BCUT2D eigenvalue weighted by molar-refractivity contribution is 5.64. The molecule has 3 nitrogen and oxygen atoms in total. The van der Waals surface area contributed by atoms with E-state index < -0.39 is 0 Å². The van der Waals surface area contributed by atoms with Gasteiger partial charge in [-0.2, -0.15) is 0 Å². The van der Waals surface area contributed by atoms with Crippen LogP contribution >= 0.6 is 0 Å². The van der Waals surface area contributed by atoms with Gasteiger partial charge in [0, 0.05) is 25.8 Å². The summed E-state index contributed by atoms with van der Waals surface area (Å²) >= 11 is 0. The van der Waals surface area contributed by atoms with Crippen molar-refractivity contribution < 1.29 is 4.74 Å². The molecule has 100 valence electrons. The second kappa shape index (κ2) is 5.65. The lowest BCUT2D eigenvalue weighted by molar-refractivity contribution is 0.480. The van der Waals surface area contributed by atoms with Crippen LogP contribution in [0.2, 0.25) is 0 Å². The first-order valence-corrected chi connectivity index (χ1v) is 6.38. The second-order valence-corrected chi connectivity index (χ2v) is 4.58. The van der Waals surface area contributed by atoms with E-state index in [9.17, 15) is 0 Å². The largest absolute Gasteiger partial charge is 0.455 e. The van der Waals surface area contributed by atoms with E-state index in [-0.39, 0.29) is 0 Å². The minimum atomic E-state index is 0.822. The Hall–Kier alpha value is -2.16. The number of hydrogen-bond donors (Lipinski definition) is 2. The maximum atomic E-state index is 6.05. The fraction of sp³-hybridized carbons (Fsp3) is 0.250. The van der Waals surface area contributed by atoms with Crippen LogP contribution in [0.5, 0.6) is 11.5 Å². The maximum absolute atomic E-state index is 6.05. The molecule has 2 aromatic carbocycles. The van der Waals surface area contributed by atoms with Gasteiger partial charge in [-0.25, -0.2) is 0 Å². The predicted octanol–water partition coefficient (Wildman–Crippen LogP) is 4.18. The maximum Gasteiger partial charge on any atom is 0.152 e. The van der Waals surface area contributed by atoms with Crippen molar-refractivity contribution in [1.82, 2.24) is 0 Å². The summed E-state index contributed by atoms with van der Waals surface area (Å²) in [6.07, 6.45) is 0. The molecule has 0 atom stereocenters. The summed E-state index contributed by atoms with van der Waals surface area (Å²) < 4.78 is 6.05. The van der Waals surface area contributed by atoms with Gasteiger partial charge in [-0.15, -0.1) is 0 Å². The third-order valence-electron chi connectivity index (χ3n) is 3.10. The molecule has 0 unspecified atom stereocenters. The van der Waals surface area contributed by atoms with Gasteiger partial charge in [0.15, 0.2) is 5.75 Å². The average Bonchev–Trinajstić information content (AvgIpc) is 2.42. The predicted molar refractivity (Wildman–Crippen MR) is 81.5 cm³/mol. The third-order valence-corrected chi connectivity index (χ3v) is 3.10. The molecule has 0 aliphatic heterocycles. The molecule has 0 saturated heterocycles.